The molecule has 0 bridgehead atoms. The normalized spacial score (nSPS) is 21.2. The van der Waals surface area contributed by atoms with Crippen molar-refractivity contribution >= 4 is 11.6 Å². The quantitative estimate of drug-likeness (QED) is 0.424. The zero-order valence-electron chi connectivity index (χ0n) is 17.2. The minimum atomic E-state index is -2.24. The predicted octanol–water partition coefficient (Wildman–Crippen LogP) is 4.64. The van der Waals surface area contributed by atoms with Crippen LogP contribution < -0.4 is 0 Å². The lowest BCUT2D eigenvalue weighted by atomic mass is 9.76. The van der Waals surface area contributed by atoms with Crippen LogP contribution in [-0.4, -0.2) is 32.5 Å². The first-order valence-corrected chi connectivity index (χ1v) is 9.38. The molecule has 0 fully saturated rings. The zero-order valence-corrected chi connectivity index (χ0v) is 17.2. The Morgan fingerprint density at radius 3 is 2.15 bits per heavy atom. The highest BCUT2D eigenvalue weighted by Gasteiger charge is 2.49. The van der Waals surface area contributed by atoms with Crippen molar-refractivity contribution < 1.29 is 24.9 Å². The Morgan fingerprint density at radius 1 is 1.11 bits per heavy atom. The van der Waals surface area contributed by atoms with Crippen molar-refractivity contribution in [2.45, 2.75) is 72.8 Å². The predicted molar refractivity (Wildman–Crippen MR) is 106 cm³/mol. The minimum Gasteiger partial charge on any atom is -0.508 e. The van der Waals surface area contributed by atoms with E-state index in [9.17, 15) is 24.9 Å². The van der Waals surface area contributed by atoms with Crippen molar-refractivity contribution in [2.75, 3.05) is 0 Å². The number of carbonyl (C=O) groups is 2. The smallest absolute Gasteiger partial charge is 0.209 e. The molecule has 1 aliphatic carbocycles. The fourth-order valence-corrected chi connectivity index (χ4v) is 2.80. The largest absolute Gasteiger partial charge is 0.508 e. The Morgan fingerprint density at radius 2 is 1.67 bits per heavy atom. The Bertz CT molecular complexity index is 728. The lowest BCUT2D eigenvalue weighted by molar-refractivity contribution is -0.135. The summed E-state index contributed by atoms with van der Waals surface area (Å²) in [6, 6.07) is 0. The first-order chi connectivity index (χ1) is 12.5. The summed E-state index contributed by atoms with van der Waals surface area (Å²) in [5.74, 6) is -2.52. The van der Waals surface area contributed by atoms with E-state index < -0.39 is 34.3 Å². The molecule has 0 amide bonds. The summed E-state index contributed by atoms with van der Waals surface area (Å²) in [6.07, 6.45) is 4.19. The molecular weight excluding hydrogens is 344 g/mol. The van der Waals surface area contributed by atoms with Gasteiger partial charge >= 0.3 is 0 Å². The van der Waals surface area contributed by atoms with Crippen molar-refractivity contribution in [3.05, 3.63) is 46.0 Å². The van der Waals surface area contributed by atoms with Gasteiger partial charge in [0.2, 0.25) is 5.78 Å². The second-order valence-corrected chi connectivity index (χ2v) is 7.85. The number of allylic oxidation sites excluding steroid dienone is 4. The molecule has 0 spiro atoms. The van der Waals surface area contributed by atoms with Gasteiger partial charge in [0, 0.05) is 18.4 Å². The molecule has 150 valence electrons. The molecule has 0 aromatic carbocycles. The average molecular weight is 376 g/mol. The van der Waals surface area contributed by atoms with Crippen LogP contribution in [0.15, 0.2) is 46.0 Å². The third kappa shape index (κ3) is 5.19. The average Bonchev–Trinajstić information content (AvgIpc) is 2.58. The summed E-state index contributed by atoms with van der Waals surface area (Å²) in [7, 11) is 0. The molecule has 1 rings (SSSR count). The maximum absolute atomic E-state index is 12.9. The topological polar surface area (TPSA) is 94.8 Å². The fraction of sp³-hybridized carbons (Fsp3) is 0.545. The second-order valence-electron chi connectivity index (χ2n) is 7.85. The molecule has 5 nitrogen and oxygen atoms in total. The van der Waals surface area contributed by atoms with E-state index in [4.69, 9.17) is 0 Å². The van der Waals surface area contributed by atoms with E-state index in [1.165, 1.54) is 0 Å². The molecule has 0 aromatic heterocycles. The molecule has 5 heteroatoms. The van der Waals surface area contributed by atoms with Crippen LogP contribution in [0.1, 0.15) is 67.2 Å². The standard InChI is InChI=1S/C22H32O5/c1-7-15(6)12-17(23)18-19(24)16(9-8-13(2)3)20(25)22(27,21(18)26)11-10-14(4)5/h8,10,15,24-25,27H,7,9,11-12H2,1-6H3. The van der Waals surface area contributed by atoms with E-state index in [1.807, 2.05) is 41.5 Å². The SMILES string of the molecule is CCC(C)CC(=O)C1=C(O)C(CC=C(C)C)=C(O)C(O)(CC=C(C)C)C1=O. The van der Waals surface area contributed by atoms with Gasteiger partial charge < -0.3 is 15.3 Å². The van der Waals surface area contributed by atoms with Crippen LogP contribution in [0.2, 0.25) is 0 Å². The number of rotatable bonds is 8. The summed E-state index contributed by atoms with van der Waals surface area (Å²) in [4.78, 5) is 25.7. The molecule has 1 aliphatic rings. The van der Waals surface area contributed by atoms with Gasteiger partial charge in [-0.25, -0.2) is 0 Å². The molecule has 0 saturated carbocycles. The molecule has 0 heterocycles. The van der Waals surface area contributed by atoms with Gasteiger partial charge in [0.25, 0.3) is 0 Å². The molecule has 0 radical (unpaired) electrons. The molecule has 2 unspecified atom stereocenters. The number of hydrogen-bond donors (Lipinski definition) is 3. The fourth-order valence-electron chi connectivity index (χ4n) is 2.80. The highest BCUT2D eigenvalue weighted by molar-refractivity contribution is 6.25. The van der Waals surface area contributed by atoms with Crippen LogP contribution in [0.3, 0.4) is 0 Å². The van der Waals surface area contributed by atoms with Crippen LogP contribution in [-0.2, 0) is 9.59 Å². The highest BCUT2D eigenvalue weighted by Crippen LogP contribution is 2.38. The minimum absolute atomic E-state index is 0.0213. The van der Waals surface area contributed by atoms with Gasteiger partial charge in [0.05, 0.1) is 0 Å². The van der Waals surface area contributed by atoms with E-state index >= 15 is 0 Å². The lowest BCUT2D eigenvalue weighted by Crippen LogP contribution is -2.46. The molecule has 0 saturated heterocycles. The summed E-state index contributed by atoms with van der Waals surface area (Å²) >= 11 is 0. The van der Waals surface area contributed by atoms with Crippen molar-refractivity contribution in [1.82, 2.24) is 0 Å². The second kappa shape index (κ2) is 9.18. The van der Waals surface area contributed by atoms with E-state index in [-0.39, 0.29) is 30.8 Å². The molecule has 3 N–H and O–H groups in total. The third-order valence-corrected chi connectivity index (χ3v) is 4.83. The van der Waals surface area contributed by atoms with Crippen molar-refractivity contribution in [3.8, 4) is 0 Å². The van der Waals surface area contributed by atoms with Gasteiger partial charge in [-0.05, 0) is 40.0 Å². The Hall–Kier alpha value is -2.14. The van der Waals surface area contributed by atoms with Crippen LogP contribution in [0.4, 0.5) is 0 Å². The molecule has 0 aliphatic heterocycles. The number of ketones is 2. The van der Waals surface area contributed by atoms with Gasteiger partial charge in [-0.3, -0.25) is 9.59 Å². The number of aliphatic hydroxyl groups is 3. The van der Waals surface area contributed by atoms with Crippen molar-refractivity contribution in [3.63, 3.8) is 0 Å². The third-order valence-electron chi connectivity index (χ3n) is 4.83. The number of Topliss-reactive ketones (excluding diaryl/α,β-unsaturated/α-hetero) is 2. The maximum atomic E-state index is 12.9. The first-order valence-electron chi connectivity index (χ1n) is 9.38. The monoisotopic (exact) mass is 376 g/mol. The van der Waals surface area contributed by atoms with Gasteiger partial charge in [-0.15, -0.1) is 0 Å². The molecular formula is C22H32O5. The van der Waals surface area contributed by atoms with E-state index in [2.05, 4.69) is 0 Å². The van der Waals surface area contributed by atoms with Gasteiger partial charge in [0.15, 0.2) is 11.4 Å². The van der Waals surface area contributed by atoms with Crippen LogP contribution in [0, 0.1) is 5.92 Å². The summed E-state index contributed by atoms with van der Waals surface area (Å²) in [5.41, 5.74) is -0.821. The Kier molecular flexibility index (Phi) is 7.78. The summed E-state index contributed by atoms with van der Waals surface area (Å²) in [6.45, 7) is 11.2. The highest BCUT2D eigenvalue weighted by atomic mass is 16.3. The van der Waals surface area contributed by atoms with Crippen LogP contribution >= 0.6 is 0 Å². The van der Waals surface area contributed by atoms with E-state index in [0.29, 0.717) is 0 Å². The summed E-state index contributed by atoms with van der Waals surface area (Å²) in [5, 5.41) is 32.2. The zero-order chi connectivity index (χ0) is 20.9. The number of hydrogen-bond acceptors (Lipinski definition) is 5. The van der Waals surface area contributed by atoms with E-state index in [0.717, 1.165) is 17.6 Å². The maximum Gasteiger partial charge on any atom is 0.209 e. The lowest BCUT2D eigenvalue weighted by Gasteiger charge is -2.32. The Labute approximate surface area is 161 Å². The molecule has 2 atom stereocenters. The van der Waals surface area contributed by atoms with Crippen molar-refractivity contribution in [2.24, 2.45) is 5.92 Å². The first kappa shape index (κ1) is 22.9. The van der Waals surface area contributed by atoms with E-state index in [1.54, 1.807) is 12.2 Å². The van der Waals surface area contributed by atoms with Gasteiger partial charge in [-0.1, -0.05) is 43.6 Å². The van der Waals surface area contributed by atoms with Gasteiger partial charge in [0.1, 0.15) is 17.1 Å². The van der Waals surface area contributed by atoms with Gasteiger partial charge in [-0.2, -0.15) is 0 Å². The molecule has 27 heavy (non-hydrogen) atoms. The Balaban J connectivity index is 3.55. The molecule has 0 aromatic rings. The van der Waals surface area contributed by atoms with Crippen molar-refractivity contribution in [1.29, 1.82) is 0 Å². The van der Waals surface area contributed by atoms with Crippen LogP contribution in [0.5, 0.6) is 0 Å². The number of aliphatic hydroxyl groups excluding tert-OH is 2. The van der Waals surface area contributed by atoms with Crippen LogP contribution in [0.25, 0.3) is 0 Å². The number of carbonyl (C=O) groups excluding carboxylic acids is 2. The summed E-state index contributed by atoms with van der Waals surface area (Å²) < 4.78 is 0.